The lowest BCUT2D eigenvalue weighted by molar-refractivity contribution is -0.113. The molecule has 3 nitrogen and oxygen atoms in total. The summed E-state index contributed by atoms with van der Waals surface area (Å²) in [5.41, 5.74) is 2.73. The number of carbonyl (C=O) groups excluding carboxylic acids is 1. The van der Waals surface area contributed by atoms with Crippen LogP contribution in [-0.4, -0.2) is 28.7 Å². The van der Waals surface area contributed by atoms with E-state index in [2.05, 4.69) is 32.9 Å². The van der Waals surface area contributed by atoms with Crippen LogP contribution in [0.15, 0.2) is 23.3 Å². The van der Waals surface area contributed by atoms with Gasteiger partial charge in [-0.15, -0.1) is 0 Å². The van der Waals surface area contributed by atoms with E-state index in [9.17, 15) is 15.0 Å². The first-order chi connectivity index (χ1) is 11.8. The number of hydrogen-bond donors (Lipinski definition) is 2. The van der Waals surface area contributed by atoms with E-state index in [1.165, 1.54) is 17.6 Å². The molecule has 0 amide bonds. The number of carbonyl (C=O) groups is 1. The maximum absolute atomic E-state index is 11.4. The van der Waals surface area contributed by atoms with Gasteiger partial charge in [-0.25, -0.2) is 0 Å². The van der Waals surface area contributed by atoms with Crippen molar-refractivity contribution in [3.63, 3.8) is 0 Å². The molecule has 0 saturated heterocycles. The zero-order valence-corrected chi connectivity index (χ0v) is 15.7. The minimum atomic E-state index is -0.466. The Kier molecular flexibility index (Phi) is 4.05. The number of aldehydes is 1. The minimum Gasteiger partial charge on any atom is -0.393 e. The molecule has 3 fully saturated rings. The van der Waals surface area contributed by atoms with Gasteiger partial charge >= 0.3 is 0 Å². The Labute approximate surface area is 151 Å². The third-order valence-corrected chi connectivity index (χ3v) is 8.57. The van der Waals surface area contributed by atoms with Crippen LogP contribution in [0.5, 0.6) is 0 Å². The van der Waals surface area contributed by atoms with E-state index in [4.69, 9.17) is 0 Å². The molecule has 0 aliphatic heterocycles. The van der Waals surface area contributed by atoms with E-state index >= 15 is 0 Å². The van der Waals surface area contributed by atoms with E-state index in [0.717, 1.165) is 25.5 Å². The van der Waals surface area contributed by atoms with E-state index in [-0.39, 0.29) is 16.7 Å². The highest BCUT2D eigenvalue weighted by Gasteiger charge is 2.58. The van der Waals surface area contributed by atoms with Crippen molar-refractivity contribution in [2.24, 2.45) is 34.5 Å². The Morgan fingerprint density at radius 1 is 1.16 bits per heavy atom. The molecule has 7 unspecified atom stereocenters. The van der Waals surface area contributed by atoms with Gasteiger partial charge in [-0.1, -0.05) is 44.1 Å². The molecular weight excluding hydrogens is 312 g/mol. The van der Waals surface area contributed by atoms with Crippen molar-refractivity contribution in [1.82, 2.24) is 0 Å². The van der Waals surface area contributed by atoms with Crippen LogP contribution < -0.4 is 0 Å². The average molecular weight is 344 g/mol. The molecule has 25 heavy (non-hydrogen) atoms. The van der Waals surface area contributed by atoms with Crippen LogP contribution in [0.1, 0.15) is 59.3 Å². The first kappa shape index (κ1) is 17.5. The number of aliphatic hydroxyl groups is 2. The summed E-state index contributed by atoms with van der Waals surface area (Å²) < 4.78 is 0. The fraction of sp³-hybridized carbons (Fsp3) is 0.773. The van der Waals surface area contributed by atoms with Crippen molar-refractivity contribution < 1.29 is 15.0 Å². The number of allylic oxidation sites excluding steroid dienone is 3. The summed E-state index contributed by atoms with van der Waals surface area (Å²) in [5.74, 6) is 1.53. The van der Waals surface area contributed by atoms with Gasteiger partial charge in [0.15, 0.2) is 0 Å². The van der Waals surface area contributed by atoms with Crippen LogP contribution in [0, 0.1) is 34.5 Å². The van der Waals surface area contributed by atoms with Crippen molar-refractivity contribution in [1.29, 1.82) is 0 Å². The smallest absolute Gasteiger partial charge is 0.123 e. The van der Waals surface area contributed by atoms with Crippen molar-refractivity contribution in [2.45, 2.75) is 71.5 Å². The molecule has 0 spiro atoms. The largest absolute Gasteiger partial charge is 0.393 e. The van der Waals surface area contributed by atoms with E-state index in [1.54, 1.807) is 0 Å². The lowest BCUT2D eigenvalue weighted by Gasteiger charge is -2.56. The molecule has 4 aliphatic carbocycles. The lowest BCUT2D eigenvalue weighted by atomic mass is 9.49. The number of rotatable bonds is 2. The van der Waals surface area contributed by atoms with Gasteiger partial charge < -0.3 is 15.0 Å². The van der Waals surface area contributed by atoms with Crippen LogP contribution in [0.25, 0.3) is 0 Å². The number of hydrogen-bond acceptors (Lipinski definition) is 3. The molecule has 4 rings (SSSR count). The Hall–Kier alpha value is -0.930. The van der Waals surface area contributed by atoms with E-state index in [1.807, 2.05) is 0 Å². The first-order valence-corrected chi connectivity index (χ1v) is 10.0. The number of aliphatic hydroxyl groups excluding tert-OH is 2. The second-order valence-corrected chi connectivity index (χ2v) is 9.58. The maximum Gasteiger partial charge on any atom is 0.123 e. The highest BCUT2D eigenvalue weighted by atomic mass is 16.3. The molecule has 0 aromatic heterocycles. The predicted octanol–water partition coefficient (Wildman–Crippen LogP) is 3.65. The summed E-state index contributed by atoms with van der Waals surface area (Å²) in [6.45, 7) is 6.70. The van der Waals surface area contributed by atoms with Crippen molar-refractivity contribution in [2.75, 3.05) is 0 Å². The fourth-order valence-corrected chi connectivity index (χ4v) is 7.05. The fourth-order valence-electron chi connectivity index (χ4n) is 7.05. The average Bonchev–Trinajstić information content (AvgIpc) is 2.93. The summed E-state index contributed by atoms with van der Waals surface area (Å²) in [6.07, 6.45) is 10.5. The third-order valence-electron chi connectivity index (χ3n) is 8.57. The highest BCUT2D eigenvalue weighted by molar-refractivity contribution is 5.54. The van der Waals surface area contributed by atoms with Gasteiger partial charge in [0, 0.05) is 17.8 Å². The minimum absolute atomic E-state index is 0.132. The first-order valence-electron chi connectivity index (χ1n) is 10.0. The van der Waals surface area contributed by atoms with Crippen LogP contribution in [0.4, 0.5) is 0 Å². The quantitative estimate of drug-likeness (QED) is 0.752. The Morgan fingerprint density at radius 3 is 2.64 bits per heavy atom. The maximum atomic E-state index is 11.4. The molecule has 0 aromatic rings. The second-order valence-electron chi connectivity index (χ2n) is 9.58. The summed E-state index contributed by atoms with van der Waals surface area (Å²) >= 11 is 0. The third kappa shape index (κ3) is 2.28. The highest BCUT2D eigenvalue weighted by Crippen LogP contribution is 2.65. The topological polar surface area (TPSA) is 57.5 Å². The standard InChI is InChI=1S/C22H32O3/c1-13(12-23)17-6-7-18-16-5-4-14-10-15(24)11-20(25)22(14,3)19(16)8-9-21(17,18)2/h4-5,12-13,15,17-20,24-25H,6-11H2,1-3H3/t13?,15?,17?,18?,19?,20-,21?,22?/m0/s1. The Bertz CT molecular complexity index is 635. The molecule has 0 radical (unpaired) electrons. The van der Waals surface area contributed by atoms with E-state index < -0.39 is 12.2 Å². The van der Waals surface area contributed by atoms with Crippen LogP contribution in [0.2, 0.25) is 0 Å². The molecule has 3 saturated carbocycles. The molecule has 2 N–H and O–H groups in total. The van der Waals surface area contributed by atoms with Gasteiger partial charge in [-0.05, 0) is 55.3 Å². The number of fused-ring (bicyclic) bond motifs is 5. The van der Waals surface area contributed by atoms with Crippen LogP contribution >= 0.6 is 0 Å². The van der Waals surface area contributed by atoms with Crippen molar-refractivity contribution in [3.05, 3.63) is 23.3 Å². The Balaban J connectivity index is 1.72. The zero-order chi connectivity index (χ0) is 18.0. The van der Waals surface area contributed by atoms with Gasteiger partial charge in [-0.3, -0.25) is 0 Å². The zero-order valence-electron chi connectivity index (χ0n) is 15.7. The summed E-state index contributed by atoms with van der Waals surface area (Å²) in [6, 6.07) is 0. The summed E-state index contributed by atoms with van der Waals surface area (Å²) in [7, 11) is 0. The molecule has 0 aromatic carbocycles. The molecule has 3 heteroatoms. The van der Waals surface area contributed by atoms with Gasteiger partial charge in [-0.2, -0.15) is 0 Å². The lowest BCUT2D eigenvalue weighted by Crippen LogP contribution is -2.52. The molecule has 0 heterocycles. The normalized spacial score (nSPS) is 50.0. The molecule has 8 atom stereocenters. The summed E-state index contributed by atoms with van der Waals surface area (Å²) in [5, 5.41) is 21.0. The predicted molar refractivity (Wildman–Crippen MR) is 97.8 cm³/mol. The monoisotopic (exact) mass is 344 g/mol. The van der Waals surface area contributed by atoms with Crippen LogP contribution in [-0.2, 0) is 4.79 Å². The molecule has 0 bridgehead atoms. The van der Waals surface area contributed by atoms with Gasteiger partial charge in [0.05, 0.1) is 12.2 Å². The van der Waals surface area contributed by atoms with E-state index in [0.29, 0.717) is 30.6 Å². The van der Waals surface area contributed by atoms with Gasteiger partial charge in [0.25, 0.3) is 0 Å². The summed E-state index contributed by atoms with van der Waals surface area (Å²) in [4.78, 5) is 11.4. The van der Waals surface area contributed by atoms with Gasteiger partial charge in [0.1, 0.15) is 6.29 Å². The second kappa shape index (κ2) is 5.79. The van der Waals surface area contributed by atoms with Gasteiger partial charge in [0.2, 0.25) is 0 Å². The Morgan fingerprint density at radius 2 is 1.92 bits per heavy atom. The molecular formula is C22H32O3. The van der Waals surface area contributed by atoms with Crippen molar-refractivity contribution >= 4 is 6.29 Å². The van der Waals surface area contributed by atoms with Crippen molar-refractivity contribution in [3.8, 4) is 0 Å². The molecule has 4 aliphatic rings. The van der Waals surface area contributed by atoms with Crippen LogP contribution in [0.3, 0.4) is 0 Å². The SMILES string of the molecule is CC(C=O)C1CCC2C3=CC=C4CC(O)C[C@H](O)C4(C)C3CCC21C. The molecule has 138 valence electrons.